The number of carbonyl (C=O) groups excluding carboxylic acids is 1. The van der Waals surface area contributed by atoms with Crippen LogP contribution in [0.4, 0.5) is 8.78 Å². The molecule has 0 radical (unpaired) electrons. The summed E-state index contributed by atoms with van der Waals surface area (Å²) in [5.41, 5.74) is 1.16. The van der Waals surface area contributed by atoms with Crippen molar-refractivity contribution in [3.05, 3.63) is 71.3 Å². The first-order valence-electron chi connectivity index (χ1n) is 9.61. The van der Waals surface area contributed by atoms with Crippen LogP contribution >= 0.6 is 0 Å². The fourth-order valence-electron chi connectivity index (χ4n) is 3.55. The van der Waals surface area contributed by atoms with Crippen LogP contribution in [0.25, 0.3) is 0 Å². The number of hydrogen-bond donors (Lipinski definition) is 0. The number of halogens is 2. The summed E-state index contributed by atoms with van der Waals surface area (Å²) in [7, 11) is 0. The molecule has 0 bridgehead atoms. The monoisotopic (exact) mass is 411 g/mol. The molecule has 4 nitrogen and oxygen atoms in total. The van der Waals surface area contributed by atoms with E-state index < -0.39 is 23.7 Å². The second-order valence-electron chi connectivity index (χ2n) is 8.26. The van der Waals surface area contributed by atoms with Gasteiger partial charge < -0.3 is 9.47 Å². The number of hydrogen-bond acceptors (Lipinski definition) is 4. The first-order valence-corrected chi connectivity index (χ1v) is 9.61. The van der Waals surface area contributed by atoms with Gasteiger partial charge in [-0.3, -0.25) is 4.79 Å². The van der Waals surface area contributed by atoms with Crippen LogP contribution in [-0.4, -0.2) is 5.97 Å². The summed E-state index contributed by atoms with van der Waals surface area (Å²) in [5, 5.41) is 9.54. The molecular formula is C24H23F2NO3. The standard InChI is InChI=1S/C24H23F2NO3/c1-14(2)11-18-22(24(18,3)4)23(28)30-21(13-27)15-5-10-19(26)20(12-15)29-17-8-6-16(25)7-9-17/h5-12,18,21-22H,1-4H3. The van der Waals surface area contributed by atoms with Gasteiger partial charge in [0.05, 0.1) is 5.92 Å². The fourth-order valence-corrected chi connectivity index (χ4v) is 3.55. The minimum Gasteiger partial charge on any atom is -0.454 e. The zero-order valence-corrected chi connectivity index (χ0v) is 17.3. The van der Waals surface area contributed by atoms with Crippen molar-refractivity contribution in [2.75, 3.05) is 0 Å². The van der Waals surface area contributed by atoms with Crippen molar-refractivity contribution in [3.63, 3.8) is 0 Å². The Kier molecular flexibility index (Phi) is 5.93. The topological polar surface area (TPSA) is 59.3 Å². The van der Waals surface area contributed by atoms with Crippen molar-refractivity contribution in [1.29, 1.82) is 5.26 Å². The van der Waals surface area contributed by atoms with Crippen LogP contribution in [0.3, 0.4) is 0 Å². The summed E-state index contributed by atoms with van der Waals surface area (Å²) >= 11 is 0. The quantitative estimate of drug-likeness (QED) is 0.425. The van der Waals surface area contributed by atoms with E-state index in [1.807, 2.05) is 39.8 Å². The first kappa shape index (κ1) is 21.5. The van der Waals surface area contributed by atoms with E-state index in [1.165, 1.54) is 36.4 Å². The molecule has 3 rings (SSSR count). The summed E-state index contributed by atoms with van der Waals surface area (Å²) in [6.07, 6.45) is 0.845. The minimum atomic E-state index is -1.20. The van der Waals surface area contributed by atoms with Gasteiger partial charge in [0.1, 0.15) is 17.6 Å². The fraction of sp³-hybridized carbons (Fsp3) is 0.333. The highest BCUT2D eigenvalue weighted by Gasteiger charge is 2.61. The van der Waals surface area contributed by atoms with Crippen molar-refractivity contribution in [2.24, 2.45) is 17.3 Å². The molecule has 0 aromatic heterocycles. The summed E-state index contributed by atoms with van der Waals surface area (Å²) < 4.78 is 38.1. The maximum absolute atomic E-state index is 14.2. The number of nitriles is 1. The summed E-state index contributed by atoms with van der Waals surface area (Å²) in [6, 6.07) is 10.9. The number of nitrogens with zero attached hydrogens (tertiary/aromatic N) is 1. The average molecular weight is 411 g/mol. The van der Waals surface area contributed by atoms with Gasteiger partial charge in [0.25, 0.3) is 0 Å². The van der Waals surface area contributed by atoms with E-state index in [2.05, 4.69) is 0 Å². The lowest BCUT2D eigenvalue weighted by Crippen LogP contribution is -2.14. The Balaban J connectivity index is 1.77. The van der Waals surface area contributed by atoms with Crippen LogP contribution in [0.1, 0.15) is 39.4 Å². The zero-order chi connectivity index (χ0) is 22.1. The Hall–Kier alpha value is -3.20. The van der Waals surface area contributed by atoms with Gasteiger partial charge in [0.15, 0.2) is 11.6 Å². The Labute approximate surface area is 174 Å². The van der Waals surface area contributed by atoms with E-state index in [1.54, 1.807) is 0 Å². The van der Waals surface area contributed by atoms with E-state index in [0.717, 1.165) is 11.6 Å². The average Bonchev–Trinajstić information content (AvgIpc) is 3.22. The molecule has 0 saturated heterocycles. The molecule has 0 amide bonds. The van der Waals surface area contributed by atoms with Crippen molar-refractivity contribution >= 4 is 5.97 Å². The zero-order valence-electron chi connectivity index (χ0n) is 17.3. The summed E-state index contributed by atoms with van der Waals surface area (Å²) in [4.78, 5) is 12.7. The minimum absolute atomic E-state index is 0.0555. The van der Waals surface area contributed by atoms with Crippen molar-refractivity contribution in [2.45, 2.75) is 33.8 Å². The second-order valence-corrected chi connectivity index (χ2v) is 8.26. The molecule has 3 unspecified atom stereocenters. The van der Waals surface area contributed by atoms with Gasteiger partial charge in [-0.25, -0.2) is 8.78 Å². The van der Waals surface area contributed by atoms with E-state index in [9.17, 15) is 18.8 Å². The molecule has 0 aliphatic heterocycles. The van der Waals surface area contributed by atoms with Crippen molar-refractivity contribution in [3.8, 4) is 17.6 Å². The normalized spacial score (nSPS) is 19.9. The SMILES string of the molecule is CC(C)=CC1C(C(=O)OC(C#N)c2ccc(F)c(Oc3ccc(F)cc3)c2)C1(C)C. The molecule has 156 valence electrons. The highest BCUT2D eigenvalue weighted by molar-refractivity contribution is 5.78. The molecule has 6 heteroatoms. The van der Waals surface area contributed by atoms with Crippen LogP contribution in [0.5, 0.6) is 11.5 Å². The third-order valence-electron chi connectivity index (χ3n) is 5.33. The number of allylic oxidation sites excluding steroid dienone is 2. The smallest absolute Gasteiger partial charge is 0.311 e. The van der Waals surface area contributed by atoms with Gasteiger partial charge in [-0.1, -0.05) is 31.6 Å². The van der Waals surface area contributed by atoms with Gasteiger partial charge in [0.2, 0.25) is 6.10 Å². The molecule has 30 heavy (non-hydrogen) atoms. The van der Waals surface area contributed by atoms with Crippen LogP contribution in [0.15, 0.2) is 54.1 Å². The molecule has 0 N–H and O–H groups in total. The second kappa shape index (κ2) is 8.27. The Morgan fingerprint density at radius 1 is 1.17 bits per heavy atom. The van der Waals surface area contributed by atoms with Gasteiger partial charge in [-0.05, 0) is 61.6 Å². The molecule has 1 fully saturated rings. The lowest BCUT2D eigenvalue weighted by atomic mass is 10.1. The van der Waals surface area contributed by atoms with Gasteiger partial charge in [-0.15, -0.1) is 0 Å². The molecule has 1 saturated carbocycles. The number of ether oxygens (including phenoxy) is 2. The van der Waals surface area contributed by atoms with Crippen molar-refractivity contribution < 1.29 is 23.0 Å². The third kappa shape index (κ3) is 4.51. The largest absolute Gasteiger partial charge is 0.454 e. The Morgan fingerprint density at radius 3 is 2.43 bits per heavy atom. The van der Waals surface area contributed by atoms with Gasteiger partial charge in [0, 0.05) is 5.56 Å². The lowest BCUT2D eigenvalue weighted by molar-refractivity contribution is -0.149. The van der Waals surface area contributed by atoms with Crippen molar-refractivity contribution in [1.82, 2.24) is 0 Å². The molecule has 0 spiro atoms. The van der Waals surface area contributed by atoms with E-state index >= 15 is 0 Å². The summed E-state index contributed by atoms with van der Waals surface area (Å²) in [5.74, 6) is -1.75. The Morgan fingerprint density at radius 2 is 1.83 bits per heavy atom. The number of benzene rings is 2. The number of rotatable bonds is 6. The summed E-state index contributed by atoms with van der Waals surface area (Å²) in [6.45, 7) is 7.90. The number of carbonyl (C=O) groups is 1. The highest BCUT2D eigenvalue weighted by Crippen LogP contribution is 2.60. The molecule has 1 aliphatic rings. The van der Waals surface area contributed by atoms with Crippen LogP contribution in [-0.2, 0) is 9.53 Å². The van der Waals surface area contributed by atoms with Gasteiger partial charge >= 0.3 is 5.97 Å². The first-order chi connectivity index (χ1) is 14.1. The molecule has 3 atom stereocenters. The predicted octanol–water partition coefficient (Wildman–Crippen LogP) is 6.10. The maximum atomic E-state index is 14.2. The van der Waals surface area contributed by atoms with Crippen LogP contribution in [0.2, 0.25) is 0 Å². The highest BCUT2D eigenvalue weighted by atomic mass is 19.1. The molecule has 1 aliphatic carbocycles. The third-order valence-corrected chi connectivity index (χ3v) is 5.33. The van der Waals surface area contributed by atoms with E-state index in [4.69, 9.17) is 9.47 Å². The molecule has 2 aromatic carbocycles. The molecule has 2 aromatic rings. The van der Waals surface area contributed by atoms with E-state index in [0.29, 0.717) is 5.56 Å². The lowest BCUT2D eigenvalue weighted by Gasteiger charge is -2.14. The maximum Gasteiger partial charge on any atom is 0.311 e. The Bertz CT molecular complexity index is 1020. The van der Waals surface area contributed by atoms with Gasteiger partial charge in [-0.2, -0.15) is 5.26 Å². The molecule has 0 heterocycles. The predicted molar refractivity (Wildman–Crippen MR) is 108 cm³/mol. The van der Waals surface area contributed by atoms with Crippen LogP contribution in [0, 0.1) is 40.2 Å². The van der Waals surface area contributed by atoms with E-state index in [-0.39, 0.29) is 28.7 Å². The number of esters is 1. The molecular weight excluding hydrogens is 388 g/mol. The van der Waals surface area contributed by atoms with Crippen LogP contribution < -0.4 is 4.74 Å².